The van der Waals surface area contributed by atoms with Gasteiger partial charge in [0.25, 0.3) is 5.56 Å². The van der Waals surface area contributed by atoms with Crippen molar-refractivity contribution in [1.29, 1.82) is 0 Å². The first-order valence-electron chi connectivity index (χ1n) is 7.37. The molecule has 0 aliphatic heterocycles. The molecule has 0 saturated carbocycles. The quantitative estimate of drug-likeness (QED) is 0.557. The van der Waals surface area contributed by atoms with Crippen molar-refractivity contribution in [3.05, 3.63) is 57.0 Å². The van der Waals surface area contributed by atoms with Crippen LogP contribution in [-0.4, -0.2) is 28.8 Å². The fraction of sp³-hybridized carbons (Fsp3) is 0.118. The number of benzene rings is 1. The van der Waals surface area contributed by atoms with E-state index in [1.165, 1.54) is 22.1 Å². The third kappa shape index (κ3) is 2.66. The molecule has 0 saturated heterocycles. The molecule has 0 aliphatic rings. The minimum absolute atomic E-state index is 0.241. The SMILES string of the molecule is COc1ccc(OC)c(/C=c2\sc3nc(-c4ccco4)nn3c2=O)c1. The Hall–Kier alpha value is -3.13. The largest absolute Gasteiger partial charge is 0.497 e. The van der Waals surface area contributed by atoms with E-state index in [4.69, 9.17) is 13.9 Å². The van der Waals surface area contributed by atoms with E-state index in [1.54, 1.807) is 44.6 Å². The predicted molar refractivity (Wildman–Crippen MR) is 93.2 cm³/mol. The zero-order valence-corrected chi connectivity index (χ0v) is 14.2. The molecule has 0 atom stereocenters. The highest BCUT2D eigenvalue weighted by Crippen LogP contribution is 2.24. The van der Waals surface area contributed by atoms with Crippen LogP contribution in [0.5, 0.6) is 11.5 Å². The van der Waals surface area contributed by atoms with E-state index in [9.17, 15) is 4.79 Å². The summed E-state index contributed by atoms with van der Waals surface area (Å²) in [5.41, 5.74) is 0.505. The first kappa shape index (κ1) is 15.4. The number of aromatic nitrogens is 3. The fourth-order valence-corrected chi connectivity index (χ4v) is 3.34. The molecule has 4 aromatic rings. The van der Waals surface area contributed by atoms with Crippen LogP contribution in [0.3, 0.4) is 0 Å². The van der Waals surface area contributed by atoms with Crippen LogP contribution in [0, 0.1) is 0 Å². The normalized spacial score (nSPS) is 12.0. The maximum absolute atomic E-state index is 12.6. The van der Waals surface area contributed by atoms with Gasteiger partial charge in [0.1, 0.15) is 11.5 Å². The van der Waals surface area contributed by atoms with Gasteiger partial charge in [-0.25, -0.2) is 0 Å². The Morgan fingerprint density at radius 2 is 2.12 bits per heavy atom. The van der Waals surface area contributed by atoms with Crippen LogP contribution in [0.15, 0.2) is 45.8 Å². The average molecular weight is 355 g/mol. The van der Waals surface area contributed by atoms with Gasteiger partial charge in [-0.2, -0.15) is 9.50 Å². The summed E-state index contributed by atoms with van der Waals surface area (Å²) in [6, 6.07) is 8.89. The van der Waals surface area contributed by atoms with E-state index in [-0.39, 0.29) is 5.56 Å². The molecule has 4 rings (SSSR count). The summed E-state index contributed by atoms with van der Waals surface area (Å²) >= 11 is 1.25. The summed E-state index contributed by atoms with van der Waals surface area (Å²) in [7, 11) is 3.17. The van der Waals surface area contributed by atoms with Gasteiger partial charge >= 0.3 is 0 Å². The molecule has 25 heavy (non-hydrogen) atoms. The predicted octanol–water partition coefficient (Wildman–Crippen LogP) is 1.98. The Bertz CT molecular complexity index is 1140. The van der Waals surface area contributed by atoms with Crippen LogP contribution in [0.1, 0.15) is 5.56 Å². The average Bonchev–Trinajstić information content (AvgIpc) is 3.34. The monoisotopic (exact) mass is 355 g/mol. The first-order valence-corrected chi connectivity index (χ1v) is 8.18. The Morgan fingerprint density at radius 3 is 2.80 bits per heavy atom. The summed E-state index contributed by atoms with van der Waals surface area (Å²) < 4.78 is 17.6. The number of hydrogen-bond donors (Lipinski definition) is 0. The Labute approximate surface area is 145 Å². The topological polar surface area (TPSA) is 78.9 Å². The van der Waals surface area contributed by atoms with Crippen molar-refractivity contribution in [2.75, 3.05) is 14.2 Å². The van der Waals surface area contributed by atoms with Crippen LogP contribution < -0.4 is 19.6 Å². The van der Waals surface area contributed by atoms with Gasteiger partial charge in [0.05, 0.1) is 25.0 Å². The smallest absolute Gasteiger partial charge is 0.291 e. The van der Waals surface area contributed by atoms with E-state index < -0.39 is 0 Å². The van der Waals surface area contributed by atoms with Gasteiger partial charge in [-0.15, -0.1) is 5.10 Å². The number of methoxy groups -OCH3 is 2. The van der Waals surface area contributed by atoms with E-state index >= 15 is 0 Å². The summed E-state index contributed by atoms with van der Waals surface area (Å²) in [4.78, 5) is 17.5. The number of ether oxygens (including phenoxy) is 2. The van der Waals surface area contributed by atoms with Crippen molar-refractivity contribution < 1.29 is 13.9 Å². The molecule has 3 aromatic heterocycles. The van der Waals surface area contributed by atoms with Gasteiger partial charge in [0.2, 0.25) is 10.8 Å². The second kappa shape index (κ2) is 6.06. The molecular formula is C17H13N3O4S. The van der Waals surface area contributed by atoms with Crippen molar-refractivity contribution >= 4 is 22.4 Å². The van der Waals surface area contributed by atoms with Crippen LogP contribution in [0.25, 0.3) is 22.6 Å². The van der Waals surface area contributed by atoms with Gasteiger partial charge in [-0.1, -0.05) is 11.3 Å². The highest BCUT2D eigenvalue weighted by Gasteiger charge is 2.14. The highest BCUT2D eigenvalue weighted by atomic mass is 32.1. The molecule has 0 N–H and O–H groups in total. The van der Waals surface area contributed by atoms with Crippen molar-refractivity contribution in [2.45, 2.75) is 0 Å². The molecule has 3 heterocycles. The maximum Gasteiger partial charge on any atom is 0.291 e. The minimum Gasteiger partial charge on any atom is -0.497 e. The molecule has 0 aliphatic carbocycles. The molecule has 0 radical (unpaired) electrons. The standard InChI is InChI=1S/C17H13N3O4S/c1-22-11-5-6-12(23-2)10(8-11)9-14-16(21)20-17(25-14)18-15(19-20)13-4-3-7-24-13/h3-9H,1-2H3/b14-9-. The number of fused-ring (bicyclic) bond motifs is 1. The highest BCUT2D eigenvalue weighted by molar-refractivity contribution is 7.15. The maximum atomic E-state index is 12.6. The summed E-state index contributed by atoms with van der Waals surface area (Å²) in [6.07, 6.45) is 3.29. The van der Waals surface area contributed by atoms with Crippen LogP contribution in [-0.2, 0) is 0 Å². The molecule has 7 nitrogen and oxygen atoms in total. The lowest BCUT2D eigenvalue weighted by molar-refractivity contribution is 0.402. The second-order valence-corrected chi connectivity index (χ2v) is 6.14. The summed E-state index contributed by atoms with van der Waals surface area (Å²) in [5.74, 6) is 2.24. The lowest BCUT2D eigenvalue weighted by Gasteiger charge is -2.06. The van der Waals surface area contributed by atoms with Crippen molar-refractivity contribution in [3.8, 4) is 23.1 Å². The molecule has 126 valence electrons. The first-order chi connectivity index (χ1) is 12.2. The number of rotatable bonds is 4. The third-order valence-corrected chi connectivity index (χ3v) is 4.61. The molecule has 0 unspecified atom stereocenters. The van der Waals surface area contributed by atoms with Gasteiger partial charge in [-0.05, 0) is 36.4 Å². The molecule has 1 aromatic carbocycles. The van der Waals surface area contributed by atoms with Crippen molar-refractivity contribution in [3.63, 3.8) is 0 Å². The van der Waals surface area contributed by atoms with Crippen LogP contribution in [0.2, 0.25) is 0 Å². The van der Waals surface area contributed by atoms with E-state index in [0.717, 1.165) is 5.56 Å². The summed E-state index contributed by atoms with van der Waals surface area (Å²) in [6.45, 7) is 0. The van der Waals surface area contributed by atoms with E-state index in [2.05, 4.69) is 10.1 Å². The number of furan rings is 1. The molecule has 8 heteroatoms. The van der Waals surface area contributed by atoms with E-state index in [0.29, 0.717) is 32.6 Å². The van der Waals surface area contributed by atoms with Crippen molar-refractivity contribution in [2.24, 2.45) is 0 Å². The number of hydrogen-bond acceptors (Lipinski definition) is 7. The lowest BCUT2D eigenvalue weighted by Crippen LogP contribution is -2.23. The summed E-state index contributed by atoms with van der Waals surface area (Å²) in [5, 5.41) is 4.23. The van der Waals surface area contributed by atoms with Crippen molar-refractivity contribution in [1.82, 2.24) is 14.6 Å². The second-order valence-electron chi connectivity index (χ2n) is 5.13. The van der Waals surface area contributed by atoms with Gasteiger partial charge in [-0.3, -0.25) is 4.79 Å². The van der Waals surface area contributed by atoms with E-state index in [1.807, 2.05) is 6.07 Å². The zero-order valence-electron chi connectivity index (χ0n) is 13.4. The Balaban J connectivity index is 1.85. The molecule has 0 fully saturated rings. The Kier molecular flexibility index (Phi) is 3.73. The fourth-order valence-electron chi connectivity index (χ4n) is 2.44. The van der Waals surface area contributed by atoms with Gasteiger partial charge < -0.3 is 13.9 Å². The molecule has 0 bridgehead atoms. The molecular weight excluding hydrogens is 342 g/mol. The minimum atomic E-state index is -0.241. The van der Waals surface area contributed by atoms with Crippen LogP contribution >= 0.6 is 11.3 Å². The van der Waals surface area contributed by atoms with Crippen LogP contribution in [0.4, 0.5) is 0 Å². The number of thiazole rings is 1. The Morgan fingerprint density at radius 1 is 1.24 bits per heavy atom. The zero-order chi connectivity index (χ0) is 17.4. The van der Waals surface area contributed by atoms with Gasteiger partial charge in [0, 0.05) is 5.56 Å². The molecule has 0 spiro atoms. The number of nitrogens with zero attached hydrogens (tertiary/aromatic N) is 3. The van der Waals surface area contributed by atoms with Gasteiger partial charge in [0.15, 0.2) is 5.76 Å². The molecule has 0 amide bonds. The third-order valence-electron chi connectivity index (χ3n) is 3.65. The lowest BCUT2D eigenvalue weighted by atomic mass is 10.2.